The van der Waals surface area contributed by atoms with Crippen LogP contribution in [0.2, 0.25) is 10.0 Å². The van der Waals surface area contributed by atoms with Gasteiger partial charge in [-0.1, -0.05) is 77.8 Å². The number of aromatic nitrogens is 1. The Hall–Kier alpha value is -2.30. The summed E-state index contributed by atoms with van der Waals surface area (Å²) in [5, 5.41) is 14.9. The summed E-state index contributed by atoms with van der Waals surface area (Å²) < 4.78 is 2.16. The SMILES string of the molecule is Cn1c(C2(O)CC3CCC2N3C(c2ccccc2Cl)c2ccccc2Cl)cc2ccccc21. The Morgan fingerprint density at radius 3 is 2.12 bits per heavy atom. The summed E-state index contributed by atoms with van der Waals surface area (Å²) in [6.07, 6.45) is 2.70. The minimum Gasteiger partial charge on any atom is -0.382 e. The number of aliphatic hydroxyl groups is 1. The molecule has 6 rings (SSSR count). The molecule has 3 atom stereocenters. The zero-order valence-corrected chi connectivity index (χ0v) is 20.0. The summed E-state index contributed by atoms with van der Waals surface area (Å²) in [4.78, 5) is 2.49. The summed E-state index contributed by atoms with van der Waals surface area (Å²) in [5.74, 6) is 0. The summed E-state index contributed by atoms with van der Waals surface area (Å²) in [6, 6.07) is 26.6. The predicted molar refractivity (Wildman–Crippen MR) is 135 cm³/mol. The molecule has 0 aliphatic carbocycles. The van der Waals surface area contributed by atoms with Gasteiger partial charge < -0.3 is 9.67 Å². The Bertz CT molecular complexity index is 1300. The molecular weight excluding hydrogens is 451 g/mol. The molecular formula is C28H26Cl2N2O. The summed E-state index contributed by atoms with van der Waals surface area (Å²) in [5.41, 5.74) is 3.26. The van der Waals surface area contributed by atoms with Gasteiger partial charge >= 0.3 is 0 Å². The lowest BCUT2D eigenvalue weighted by atomic mass is 9.82. The lowest BCUT2D eigenvalue weighted by molar-refractivity contribution is -0.0128. The minimum absolute atomic E-state index is 0.0249. The van der Waals surface area contributed by atoms with Crippen molar-refractivity contribution in [1.82, 2.24) is 9.47 Å². The van der Waals surface area contributed by atoms with E-state index in [1.54, 1.807) is 0 Å². The molecule has 2 aliphatic heterocycles. The number of halogens is 2. The fourth-order valence-corrected chi connectivity index (χ4v) is 6.82. The molecule has 3 nitrogen and oxygen atoms in total. The van der Waals surface area contributed by atoms with Gasteiger partial charge in [-0.15, -0.1) is 0 Å². The Morgan fingerprint density at radius 1 is 0.879 bits per heavy atom. The van der Waals surface area contributed by atoms with E-state index >= 15 is 0 Å². The van der Waals surface area contributed by atoms with Gasteiger partial charge in [-0.05, 0) is 60.0 Å². The van der Waals surface area contributed by atoms with Gasteiger partial charge in [0.15, 0.2) is 0 Å². The number of fused-ring (bicyclic) bond motifs is 3. The van der Waals surface area contributed by atoms with Crippen LogP contribution in [0.25, 0.3) is 10.9 Å². The summed E-state index contributed by atoms with van der Waals surface area (Å²) in [7, 11) is 2.06. The standard InChI is InChI=1S/C28H26Cl2N2O/c1-31-24-13-7-2-8-18(24)16-26(31)28(33)17-19-14-15-25(28)32(19)27(20-9-3-5-11-22(20)29)21-10-4-6-12-23(21)30/h2-13,16,19,25,27,33H,14-15,17H2,1H3. The Kier molecular flexibility index (Phi) is 5.08. The van der Waals surface area contributed by atoms with E-state index in [1.165, 1.54) is 0 Å². The molecule has 3 heterocycles. The number of hydrogen-bond donors (Lipinski definition) is 1. The van der Waals surface area contributed by atoms with Gasteiger partial charge in [0.05, 0.1) is 11.7 Å². The average Bonchev–Trinajstić information content (AvgIpc) is 3.47. The lowest BCUT2D eigenvalue weighted by Crippen LogP contribution is -2.43. The van der Waals surface area contributed by atoms with E-state index in [2.05, 4.69) is 46.8 Å². The molecule has 3 aromatic carbocycles. The van der Waals surface area contributed by atoms with Crippen molar-refractivity contribution in [2.24, 2.45) is 7.05 Å². The molecule has 0 amide bonds. The molecule has 2 fully saturated rings. The highest BCUT2D eigenvalue weighted by Gasteiger charge is 2.59. The molecule has 2 bridgehead atoms. The molecule has 168 valence electrons. The molecule has 33 heavy (non-hydrogen) atoms. The normalized spacial score (nSPS) is 24.9. The minimum atomic E-state index is -0.933. The van der Waals surface area contributed by atoms with Gasteiger partial charge in [0.2, 0.25) is 0 Å². The van der Waals surface area contributed by atoms with E-state index in [0.717, 1.165) is 50.6 Å². The summed E-state index contributed by atoms with van der Waals surface area (Å²) >= 11 is 13.5. The Morgan fingerprint density at radius 2 is 1.48 bits per heavy atom. The van der Waals surface area contributed by atoms with Crippen LogP contribution in [0.3, 0.4) is 0 Å². The number of hydrogen-bond acceptors (Lipinski definition) is 2. The van der Waals surface area contributed by atoms with Crippen LogP contribution in [-0.2, 0) is 12.6 Å². The van der Waals surface area contributed by atoms with Crippen LogP contribution in [0.15, 0.2) is 78.9 Å². The van der Waals surface area contributed by atoms with E-state index in [9.17, 15) is 5.11 Å². The van der Waals surface area contributed by atoms with Crippen LogP contribution >= 0.6 is 23.2 Å². The van der Waals surface area contributed by atoms with Crippen molar-refractivity contribution < 1.29 is 5.11 Å². The van der Waals surface area contributed by atoms with Crippen molar-refractivity contribution in [3.63, 3.8) is 0 Å². The number of para-hydroxylation sites is 1. The van der Waals surface area contributed by atoms with Crippen LogP contribution in [0, 0.1) is 0 Å². The highest BCUT2D eigenvalue weighted by Crippen LogP contribution is 2.55. The first kappa shape index (κ1) is 21.2. The topological polar surface area (TPSA) is 28.4 Å². The van der Waals surface area contributed by atoms with Crippen molar-refractivity contribution in [3.8, 4) is 0 Å². The van der Waals surface area contributed by atoms with E-state index in [0.29, 0.717) is 6.42 Å². The van der Waals surface area contributed by atoms with Crippen LogP contribution in [-0.4, -0.2) is 26.7 Å². The van der Waals surface area contributed by atoms with Gasteiger partial charge in [-0.25, -0.2) is 0 Å². The fourth-order valence-electron chi connectivity index (χ4n) is 6.34. The van der Waals surface area contributed by atoms with Crippen molar-refractivity contribution in [2.75, 3.05) is 0 Å². The maximum absolute atomic E-state index is 12.3. The molecule has 2 aliphatic rings. The van der Waals surface area contributed by atoms with Crippen molar-refractivity contribution in [3.05, 3.63) is 106 Å². The third-order valence-electron chi connectivity index (χ3n) is 7.75. The second-order valence-corrected chi connectivity index (χ2v) is 10.2. The van der Waals surface area contributed by atoms with Crippen molar-refractivity contribution >= 4 is 34.1 Å². The van der Waals surface area contributed by atoms with Crippen LogP contribution in [0.5, 0.6) is 0 Å². The number of nitrogens with zero attached hydrogens (tertiary/aromatic N) is 2. The molecule has 1 aromatic heterocycles. The van der Waals surface area contributed by atoms with Gasteiger partial charge in [-0.3, -0.25) is 4.90 Å². The van der Waals surface area contributed by atoms with E-state index in [4.69, 9.17) is 23.2 Å². The van der Waals surface area contributed by atoms with Gasteiger partial charge in [0.1, 0.15) is 5.60 Å². The predicted octanol–water partition coefficient (Wildman–Crippen LogP) is 6.70. The maximum Gasteiger partial charge on any atom is 0.121 e. The molecule has 2 saturated heterocycles. The van der Waals surface area contributed by atoms with Crippen LogP contribution < -0.4 is 0 Å². The summed E-state index contributed by atoms with van der Waals surface area (Å²) in [6.45, 7) is 0. The smallest absolute Gasteiger partial charge is 0.121 e. The van der Waals surface area contributed by atoms with Gasteiger partial charge in [0.25, 0.3) is 0 Å². The van der Waals surface area contributed by atoms with Crippen molar-refractivity contribution in [1.29, 1.82) is 0 Å². The second-order valence-electron chi connectivity index (χ2n) is 9.42. The number of rotatable bonds is 4. The monoisotopic (exact) mass is 476 g/mol. The molecule has 3 unspecified atom stereocenters. The first-order valence-corrected chi connectivity index (χ1v) is 12.3. The molecule has 1 N–H and O–H groups in total. The highest BCUT2D eigenvalue weighted by atomic mass is 35.5. The molecule has 4 aromatic rings. The molecule has 0 spiro atoms. The third-order valence-corrected chi connectivity index (χ3v) is 8.43. The van der Waals surface area contributed by atoms with Crippen LogP contribution in [0.1, 0.15) is 42.1 Å². The fraction of sp³-hybridized carbons (Fsp3) is 0.286. The Labute approximate surface area is 204 Å². The number of benzene rings is 3. The lowest BCUT2D eigenvalue weighted by Gasteiger charge is -2.37. The first-order chi connectivity index (χ1) is 16.0. The van der Waals surface area contributed by atoms with Crippen LogP contribution in [0.4, 0.5) is 0 Å². The third kappa shape index (κ3) is 3.18. The molecule has 0 saturated carbocycles. The van der Waals surface area contributed by atoms with Crippen molar-refractivity contribution in [2.45, 2.75) is 43.0 Å². The zero-order chi connectivity index (χ0) is 22.7. The molecule has 5 heteroatoms. The average molecular weight is 477 g/mol. The Balaban J connectivity index is 1.50. The van der Waals surface area contributed by atoms with E-state index < -0.39 is 5.60 Å². The maximum atomic E-state index is 12.3. The van der Waals surface area contributed by atoms with Gasteiger partial charge in [-0.2, -0.15) is 0 Å². The second kappa shape index (κ2) is 7.89. The van der Waals surface area contributed by atoms with E-state index in [-0.39, 0.29) is 18.1 Å². The van der Waals surface area contributed by atoms with Gasteiger partial charge in [0, 0.05) is 34.7 Å². The van der Waals surface area contributed by atoms with E-state index in [1.807, 2.05) is 48.5 Å². The number of aryl methyl sites for hydroxylation is 1. The highest BCUT2D eigenvalue weighted by molar-refractivity contribution is 6.32. The first-order valence-electron chi connectivity index (χ1n) is 11.5. The molecule has 0 radical (unpaired) electrons. The zero-order valence-electron chi connectivity index (χ0n) is 18.5. The quantitative estimate of drug-likeness (QED) is 0.354. The largest absolute Gasteiger partial charge is 0.382 e.